The van der Waals surface area contributed by atoms with Gasteiger partial charge in [-0.15, -0.1) is 0 Å². The van der Waals surface area contributed by atoms with Gasteiger partial charge in [-0.2, -0.15) is 13.2 Å². The molecule has 4 aromatic rings. The van der Waals surface area contributed by atoms with Crippen LogP contribution < -0.4 is 10.5 Å². The van der Waals surface area contributed by atoms with Crippen LogP contribution in [0.2, 0.25) is 0 Å². The molecule has 3 aromatic heterocycles. The minimum atomic E-state index is -5.08. The first-order chi connectivity index (χ1) is 19.2. The Morgan fingerprint density at radius 3 is 2.45 bits per heavy atom. The van der Waals surface area contributed by atoms with Gasteiger partial charge < -0.3 is 24.9 Å². The summed E-state index contributed by atoms with van der Waals surface area (Å²) in [7, 11) is 0. The number of halogens is 3. The fourth-order valence-corrected chi connectivity index (χ4v) is 4.16. The van der Waals surface area contributed by atoms with Crippen LogP contribution in [0.5, 0.6) is 5.75 Å². The molecule has 1 fully saturated rings. The van der Waals surface area contributed by atoms with Crippen LogP contribution >= 0.6 is 0 Å². The van der Waals surface area contributed by atoms with E-state index in [0.29, 0.717) is 30.4 Å². The highest BCUT2D eigenvalue weighted by molar-refractivity contribution is 5.95. The van der Waals surface area contributed by atoms with Crippen LogP contribution in [-0.2, 0) is 16.1 Å². The number of pyridine rings is 1. The van der Waals surface area contributed by atoms with Gasteiger partial charge in [-0.05, 0) is 23.7 Å². The molecule has 0 aliphatic carbocycles. The number of carbonyl (C=O) groups is 1. The molecule has 12 nitrogen and oxygen atoms in total. The predicted octanol–water partition coefficient (Wildman–Crippen LogP) is 3.48. The molecule has 0 saturated carbocycles. The van der Waals surface area contributed by atoms with Crippen LogP contribution in [-0.4, -0.2) is 86.5 Å². The number of carboxylic acid groups (broad SMARTS) is 1. The van der Waals surface area contributed by atoms with E-state index in [9.17, 15) is 13.2 Å². The largest absolute Gasteiger partial charge is 0.490 e. The average molecular weight is 564 g/mol. The fourth-order valence-electron chi connectivity index (χ4n) is 4.16. The Hall–Kier alpha value is -4.24. The lowest BCUT2D eigenvalue weighted by Gasteiger charge is -2.26. The van der Waals surface area contributed by atoms with Crippen molar-refractivity contribution in [3.8, 4) is 28.5 Å². The van der Waals surface area contributed by atoms with Gasteiger partial charge in [0.05, 0.1) is 31.7 Å². The lowest BCUT2D eigenvalue weighted by atomic mass is 10.1. The highest BCUT2D eigenvalue weighted by atomic mass is 19.4. The van der Waals surface area contributed by atoms with Crippen molar-refractivity contribution in [2.45, 2.75) is 26.1 Å². The lowest BCUT2D eigenvalue weighted by Crippen LogP contribution is -2.37. The molecule has 1 saturated heterocycles. The summed E-state index contributed by atoms with van der Waals surface area (Å²) in [5.41, 5.74) is 9.73. The van der Waals surface area contributed by atoms with Crippen LogP contribution in [0.15, 0.2) is 41.2 Å². The molecule has 0 atom stereocenters. The zero-order valence-electron chi connectivity index (χ0n) is 21.6. The molecule has 214 valence electrons. The molecule has 1 aromatic carbocycles. The molecule has 5 rings (SSSR count). The molecule has 1 aliphatic heterocycles. The van der Waals surface area contributed by atoms with Crippen molar-refractivity contribution in [3.63, 3.8) is 0 Å². The smallest absolute Gasteiger partial charge is 0.490 e. The summed E-state index contributed by atoms with van der Waals surface area (Å²) in [6, 6.07) is 9.97. The normalized spacial score (nSPS) is 14.1. The second-order valence-corrected chi connectivity index (χ2v) is 8.67. The Balaban J connectivity index is 0.000000470. The van der Waals surface area contributed by atoms with Crippen molar-refractivity contribution < 1.29 is 37.2 Å². The zero-order chi connectivity index (χ0) is 28.7. The number of alkyl halides is 3. The Kier molecular flexibility index (Phi) is 9.16. The van der Waals surface area contributed by atoms with Gasteiger partial charge in [0.15, 0.2) is 23.1 Å². The van der Waals surface area contributed by atoms with E-state index in [2.05, 4.69) is 15.2 Å². The highest BCUT2D eigenvalue weighted by Gasteiger charge is 2.38. The first kappa shape index (κ1) is 28.8. The second-order valence-electron chi connectivity index (χ2n) is 8.67. The molecular weight excluding hydrogens is 535 g/mol. The number of nitrogens with two attached hydrogens (primary N) is 1. The van der Waals surface area contributed by atoms with E-state index < -0.39 is 12.1 Å². The minimum absolute atomic E-state index is 0.196. The predicted molar refractivity (Wildman–Crippen MR) is 137 cm³/mol. The van der Waals surface area contributed by atoms with Gasteiger partial charge in [-0.25, -0.2) is 19.4 Å². The number of anilines is 1. The number of aryl methyl sites for hydroxylation is 1. The third-order valence-electron chi connectivity index (χ3n) is 6.05. The van der Waals surface area contributed by atoms with Gasteiger partial charge in [0.1, 0.15) is 11.0 Å². The van der Waals surface area contributed by atoms with Crippen LogP contribution in [0.3, 0.4) is 0 Å². The quantitative estimate of drug-likeness (QED) is 0.303. The lowest BCUT2D eigenvalue weighted by molar-refractivity contribution is -0.192. The number of fused-ring (bicyclic) bond motifs is 1. The molecule has 0 bridgehead atoms. The summed E-state index contributed by atoms with van der Waals surface area (Å²) in [5.74, 6) is -1.30. The monoisotopic (exact) mass is 563 g/mol. The molecule has 1 aliphatic rings. The topological polar surface area (TPSA) is 155 Å². The second kappa shape index (κ2) is 12.7. The molecule has 15 heteroatoms. The average Bonchev–Trinajstić information content (AvgIpc) is 3.55. The number of carboxylic acids is 1. The first-order valence-electron chi connectivity index (χ1n) is 12.5. The summed E-state index contributed by atoms with van der Waals surface area (Å²) in [4.78, 5) is 20.9. The van der Waals surface area contributed by atoms with E-state index >= 15 is 0 Å². The number of hydrogen-bond acceptors (Lipinski definition) is 10. The molecular formula is C25H28F3N7O5. The maximum atomic E-state index is 10.6. The van der Waals surface area contributed by atoms with Crippen molar-refractivity contribution in [2.24, 2.45) is 0 Å². The number of aromatic nitrogens is 5. The van der Waals surface area contributed by atoms with E-state index in [1.807, 2.05) is 41.8 Å². The molecule has 3 N–H and O–H groups in total. The van der Waals surface area contributed by atoms with Gasteiger partial charge in [-0.1, -0.05) is 30.3 Å². The Morgan fingerprint density at radius 1 is 1.15 bits per heavy atom. The number of nitrogen functional groups attached to an aromatic ring is 1. The Labute approximate surface area is 226 Å². The number of benzene rings is 1. The molecule has 0 amide bonds. The molecule has 0 unspecified atom stereocenters. The number of aliphatic carboxylic acids is 1. The third-order valence-corrected chi connectivity index (χ3v) is 6.05. The molecule has 40 heavy (non-hydrogen) atoms. The van der Waals surface area contributed by atoms with Crippen molar-refractivity contribution in [1.29, 1.82) is 0 Å². The van der Waals surface area contributed by atoms with Crippen molar-refractivity contribution in [3.05, 3.63) is 36.5 Å². The summed E-state index contributed by atoms with van der Waals surface area (Å²) >= 11 is 0. The minimum Gasteiger partial charge on any atom is -0.490 e. The van der Waals surface area contributed by atoms with Crippen LogP contribution in [0.4, 0.5) is 19.0 Å². The maximum absolute atomic E-state index is 10.6. The third kappa shape index (κ3) is 6.66. The van der Waals surface area contributed by atoms with E-state index in [1.54, 1.807) is 6.20 Å². The summed E-state index contributed by atoms with van der Waals surface area (Å²) in [6.07, 6.45) is -2.39. The summed E-state index contributed by atoms with van der Waals surface area (Å²) in [5, 5.41) is 14.8. The Morgan fingerprint density at radius 2 is 1.85 bits per heavy atom. The summed E-state index contributed by atoms with van der Waals surface area (Å²) < 4.78 is 50.3. The van der Waals surface area contributed by atoms with Crippen LogP contribution in [0.1, 0.15) is 13.3 Å². The van der Waals surface area contributed by atoms with Gasteiger partial charge in [0, 0.05) is 31.7 Å². The summed E-state index contributed by atoms with van der Waals surface area (Å²) in [6.45, 7) is 7.76. The van der Waals surface area contributed by atoms with Crippen LogP contribution in [0, 0.1) is 0 Å². The van der Waals surface area contributed by atoms with E-state index in [1.165, 1.54) is 0 Å². The standard InChI is InChI=1S/C23H27N7O3.C2HF3O2/c1-2-30-21-17(32-12-6-9-29-10-13-31-14-11-29)15-25-18(16-7-4-3-5-8-16)19(21)26-23(30)20-22(24)28-33-27-20;3-2(4,5)1(6)7/h3-5,7-8,15H,2,6,9-14H2,1H3,(H2,24,28);(H,6,7). The van der Waals surface area contributed by atoms with Crippen molar-refractivity contribution in [1.82, 2.24) is 29.7 Å². The van der Waals surface area contributed by atoms with Crippen LogP contribution in [0.25, 0.3) is 33.8 Å². The Bertz CT molecular complexity index is 1420. The highest BCUT2D eigenvalue weighted by Crippen LogP contribution is 2.36. The van der Waals surface area contributed by atoms with E-state index in [0.717, 1.165) is 61.6 Å². The first-order valence-corrected chi connectivity index (χ1v) is 12.5. The molecule has 4 heterocycles. The van der Waals surface area contributed by atoms with Crippen molar-refractivity contribution >= 4 is 22.8 Å². The number of ether oxygens (including phenoxy) is 2. The van der Waals surface area contributed by atoms with Gasteiger partial charge in [-0.3, -0.25) is 4.90 Å². The zero-order valence-corrected chi connectivity index (χ0v) is 21.6. The van der Waals surface area contributed by atoms with E-state index in [-0.39, 0.29) is 5.82 Å². The van der Waals surface area contributed by atoms with Gasteiger partial charge in [0.25, 0.3) is 0 Å². The van der Waals surface area contributed by atoms with E-state index in [4.69, 9.17) is 39.7 Å². The molecule has 0 radical (unpaired) electrons. The number of nitrogens with zero attached hydrogens (tertiary/aromatic N) is 6. The number of morpholine rings is 1. The van der Waals surface area contributed by atoms with Crippen molar-refractivity contribution in [2.75, 3.05) is 45.2 Å². The molecule has 0 spiro atoms. The van der Waals surface area contributed by atoms with Gasteiger partial charge >= 0.3 is 12.1 Å². The maximum Gasteiger partial charge on any atom is 0.490 e. The number of rotatable bonds is 8. The SMILES string of the molecule is CCn1c(-c2nonc2N)nc2c(-c3ccccc3)ncc(OCCCN3CCOCC3)c21.O=C(O)C(F)(F)F. The number of hydrogen-bond donors (Lipinski definition) is 2. The fraction of sp³-hybridized carbons (Fsp3) is 0.400. The number of imidazole rings is 1. The van der Waals surface area contributed by atoms with Gasteiger partial charge in [0.2, 0.25) is 0 Å².